The molecule has 0 atom stereocenters. The van der Waals surface area contributed by atoms with Crippen LogP contribution in [-0.4, -0.2) is 42.5 Å². The van der Waals surface area contributed by atoms with Crippen molar-refractivity contribution < 1.29 is 22.0 Å². The van der Waals surface area contributed by atoms with Crippen LogP contribution in [0.5, 0.6) is 0 Å². The largest absolute Gasteiger partial charge is 0.417 e. The first-order chi connectivity index (χ1) is 14.1. The number of halogens is 5. The second-order valence-corrected chi connectivity index (χ2v) is 6.88. The fourth-order valence-electron chi connectivity index (χ4n) is 3.03. The molecule has 6 nitrogen and oxygen atoms in total. The van der Waals surface area contributed by atoms with Gasteiger partial charge in [0.1, 0.15) is 23.1 Å². The highest BCUT2D eigenvalue weighted by Gasteiger charge is 2.31. The van der Waals surface area contributed by atoms with Gasteiger partial charge in [-0.1, -0.05) is 0 Å². The zero-order valence-electron chi connectivity index (χ0n) is 15.5. The van der Waals surface area contributed by atoms with Crippen LogP contribution in [0.25, 0.3) is 0 Å². The van der Waals surface area contributed by atoms with Crippen molar-refractivity contribution in [1.29, 1.82) is 0 Å². The highest BCUT2D eigenvalue weighted by atomic mass is 32.1. The minimum atomic E-state index is -4.46. The molecule has 0 radical (unpaired) electrons. The Hall–Kier alpha value is -3.02. The molecule has 30 heavy (non-hydrogen) atoms. The summed E-state index contributed by atoms with van der Waals surface area (Å²) < 4.78 is 67.0. The van der Waals surface area contributed by atoms with E-state index in [9.17, 15) is 22.0 Å². The number of hydrogen-bond acceptors (Lipinski definition) is 5. The number of alkyl halides is 3. The maximum atomic E-state index is 14.5. The molecule has 1 fully saturated rings. The quantitative estimate of drug-likeness (QED) is 0.327. The monoisotopic (exact) mass is 444 g/mol. The maximum absolute atomic E-state index is 14.5. The van der Waals surface area contributed by atoms with Crippen molar-refractivity contribution in [2.75, 3.05) is 36.0 Å². The molecule has 2 heterocycles. The number of hydrogen-bond donors (Lipinski definition) is 2. The zero-order chi connectivity index (χ0) is 21.9. The lowest BCUT2D eigenvalue weighted by molar-refractivity contribution is -0.137. The van der Waals surface area contributed by atoms with Crippen LogP contribution >= 0.6 is 12.2 Å². The first-order valence-corrected chi connectivity index (χ1v) is 9.16. The number of aromatic nitrogens is 1. The molecule has 1 aliphatic heterocycles. The van der Waals surface area contributed by atoms with E-state index in [1.807, 2.05) is 0 Å². The van der Waals surface area contributed by atoms with Gasteiger partial charge in [0, 0.05) is 37.9 Å². The molecule has 0 bridgehead atoms. The lowest BCUT2D eigenvalue weighted by atomic mass is 10.1. The van der Waals surface area contributed by atoms with Crippen molar-refractivity contribution in [3.05, 3.63) is 53.2 Å². The van der Waals surface area contributed by atoms with Gasteiger partial charge in [-0.3, -0.25) is 5.43 Å². The van der Waals surface area contributed by atoms with Gasteiger partial charge in [0.05, 0.1) is 11.8 Å². The van der Waals surface area contributed by atoms with Gasteiger partial charge >= 0.3 is 6.18 Å². The fraction of sp³-hybridized carbons (Fsp3) is 0.278. The highest BCUT2D eigenvalue weighted by molar-refractivity contribution is 7.80. The first-order valence-electron chi connectivity index (χ1n) is 8.76. The number of benzene rings is 1. The SMILES string of the molecule is NC(=S)N/N=C/c1cc(F)c(N2CCN(c3ccc(C(F)(F)F)cn3)CC2)c(F)c1. The van der Waals surface area contributed by atoms with Gasteiger partial charge in [-0.05, 0) is 36.5 Å². The molecule has 2 aromatic rings. The number of thiocarbonyl (C=S) groups is 1. The second kappa shape index (κ2) is 8.78. The van der Waals surface area contributed by atoms with E-state index >= 15 is 0 Å². The third-order valence-electron chi connectivity index (χ3n) is 4.42. The fourth-order valence-corrected chi connectivity index (χ4v) is 3.08. The summed E-state index contributed by atoms with van der Waals surface area (Å²) in [5.41, 5.74) is 6.68. The van der Waals surface area contributed by atoms with E-state index in [1.165, 1.54) is 12.3 Å². The Kier molecular flexibility index (Phi) is 6.34. The number of pyridine rings is 1. The van der Waals surface area contributed by atoms with E-state index < -0.39 is 23.4 Å². The Morgan fingerprint density at radius 1 is 1.10 bits per heavy atom. The Morgan fingerprint density at radius 3 is 2.20 bits per heavy atom. The summed E-state index contributed by atoms with van der Waals surface area (Å²) in [6.45, 7) is 1.23. The second-order valence-electron chi connectivity index (χ2n) is 6.44. The maximum Gasteiger partial charge on any atom is 0.417 e. The van der Waals surface area contributed by atoms with Gasteiger partial charge in [0.25, 0.3) is 0 Å². The summed E-state index contributed by atoms with van der Waals surface area (Å²) >= 11 is 4.58. The molecule has 12 heteroatoms. The molecule has 1 aromatic carbocycles. The number of anilines is 2. The molecule has 0 unspecified atom stereocenters. The standard InChI is InChI=1S/C18H17F5N6S/c19-13-7-11(9-26-27-17(24)30)8-14(20)16(13)29-5-3-28(4-6-29)15-2-1-12(10-25-15)18(21,22)23/h1-2,7-10H,3-6H2,(H3,24,27,30)/b26-9+. The van der Waals surface area contributed by atoms with Crippen molar-refractivity contribution in [2.24, 2.45) is 10.8 Å². The molecule has 3 N–H and O–H groups in total. The molecule has 0 spiro atoms. The Balaban J connectivity index is 1.67. The molecule has 1 saturated heterocycles. The van der Waals surface area contributed by atoms with Crippen molar-refractivity contribution in [3.63, 3.8) is 0 Å². The van der Waals surface area contributed by atoms with E-state index in [2.05, 4.69) is 27.7 Å². The number of hydrazone groups is 1. The van der Waals surface area contributed by atoms with Crippen LogP contribution in [0.15, 0.2) is 35.6 Å². The van der Waals surface area contributed by atoms with E-state index in [0.29, 0.717) is 18.9 Å². The van der Waals surface area contributed by atoms with Crippen LogP contribution < -0.4 is 21.0 Å². The van der Waals surface area contributed by atoms with Gasteiger partial charge in [0.2, 0.25) is 0 Å². The normalized spacial score (nSPS) is 15.0. The van der Waals surface area contributed by atoms with Crippen LogP contribution in [0, 0.1) is 11.6 Å². The number of nitrogens with one attached hydrogen (secondary N) is 1. The molecule has 160 valence electrons. The molecule has 0 amide bonds. The van der Waals surface area contributed by atoms with Gasteiger partial charge in [0.15, 0.2) is 5.11 Å². The number of piperazine rings is 1. The van der Waals surface area contributed by atoms with Crippen LogP contribution in [0.4, 0.5) is 33.5 Å². The summed E-state index contributed by atoms with van der Waals surface area (Å²) in [6.07, 6.45) is -2.50. The van der Waals surface area contributed by atoms with E-state index in [4.69, 9.17) is 5.73 Å². The van der Waals surface area contributed by atoms with Crippen LogP contribution in [0.2, 0.25) is 0 Å². The summed E-state index contributed by atoms with van der Waals surface area (Å²) in [6, 6.07) is 4.51. The lowest BCUT2D eigenvalue weighted by Gasteiger charge is -2.37. The number of nitrogens with zero attached hydrogens (tertiary/aromatic N) is 4. The van der Waals surface area contributed by atoms with Gasteiger partial charge in [-0.25, -0.2) is 13.8 Å². The van der Waals surface area contributed by atoms with E-state index in [0.717, 1.165) is 24.4 Å². The molecular weight excluding hydrogens is 427 g/mol. The Labute approximate surface area is 174 Å². The predicted octanol–water partition coefficient (Wildman–Crippen LogP) is 2.87. The van der Waals surface area contributed by atoms with Crippen molar-refractivity contribution in [2.45, 2.75) is 6.18 Å². The summed E-state index contributed by atoms with van der Waals surface area (Å²) in [5, 5.41) is 3.58. The van der Waals surface area contributed by atoms with Gasteiger partial charge < -0.3 is 15.5 Å². The Bertz CT molecular complexity index is 916. The lowest BCUT2D eigenvalue weighted by Crippen LogP contribution is -2.47. The van der Waals surface area contributed by atoms with E-state index in [1.54, 1.807) is 9.80 Å². The smallest absolute Gasteiger partial charge is 0.375 e. The third kappa shape index (κ3) is 5.12. The molecule has 1 aromatic heterocycles. The Morgan fingerprint density at radius 2 is 1.70 bits per heavy atom. The van der Waals surface area contributed by atoms with Crippen LogP contribution in [0.1, 0.15) is 11.1 Å². The summed E-state index contributed by atoms with van der Waals surface area (Å²) in [7, 11) is 0. The molecule has 1 aliphatic rings. The van der Waals surface area contributed by atoms with Crippen molar-refractivity contribution in [3.8, 4) is 0 Å². The minimum absolute atomic E-state index is 0.0794. The topological polar surface area (TPSA) is 69.8 Å². The van der Waals surface area contributed by atoms with Crippen LogP contribution in [0.3, 0.4) is 0 Å². The summed E-state index contributed by atoms with van der Waals surface area (Å²) in [4.78, 5) is 7.15. The van der Waals surface area contributed by atoms with Crippen LogP contribution in [-0.2, 0) is 6.18 Å². The summed E-state index contributed by atoms with van der Waals surface area (Å²) in [5.74, 6) is -1.14. The zero-order valence-corrected chi connectivity index (χ0v) is 16.3. The molecule has 0 aliphatic carbocycles. The number of rotatable bonds is 4. The minimum Gasteiger partial charge on any atom is -0.375 e. The van der Waals surface area contributed by atoms with Gasteiger partial charge in [-0.2, -0.15) is 18.3 Å². The van der Waals surface area contributed by atoms with Gasteiger partial charge in [-0.15, -0.1) is 0 Å². The van der Waals surface area contributed by atoms with E-state index in [-0.39, 0.29) is 29.5 Å². The highest BCUT2D eigenvalue weighted by Crippen LogP contribution is 2.30. The molecule has 3 rings (SSSR count). The third-order valence-corrected chi connectivity index (χ3v) is 4.51. The average molecular weight is 444 g/mol. The number of nitrogens with two attached hydrogens (primary N) is 1. The van der Waals surface area contributed by atoms with Crippen molar-refractivity contribution >= 4 is 35.1 Å². The first kappa shape index (κ1) is 21.7. The predicted molar refractivity (Wildman–Crippen MR) is 108 cm³/mol. The van der Waals surface area contributed by atoms with Crippen molar-refractivity contribution in [1.82, 2.24) is 10.4 Å². The molecule has 0 saturated carbocycles. The average Bonchev–Trinajstić information content (AvgIpc) is 2.67. The molecular formula is C18H17F5N6S.